The Morgan fingerprint density at radius 3 is 3.08 bits per heavy atom. The molecule has 1 aromatic rings. The fourth-order valence-corrected chi connectivity index (χ4v) is 1.85. The van der Waals surface area contributed by atoms with E-state index in [9.17, 15) is 0 Å². The average Bonchev–Trinajstić information content (AvgIpc) is 2.57. The van der Waals surface area contributed by atoms with Crippen molar-refractivity contribution < 1.29 is 4.42 Å². The van der Waals surface area contributed by atoms with E-state index < -0.39 is 0 Å². The van der Waals surface area contributed by atoms with Gasteiger partial charge < -0.3 is 10.2 Å². The Bertz CT molecular complexity index is 198. The normalized spacial score (nSPS) is 13.2. The van der Waals surface area contributed by atoms with Crippen molar-refractivity contribution in [3.63, 3.8) is 0 Å². The van der Waals surface area contributed by atoms with Gasteiger partial charge in [0, 0.05) is 11.8 Å². The number of rotatable bonds is 5. The van der Waals surface area contributed by atoms with Crippen LogP contribution in [0.2, 0.25) is 0 Å². The molecular formula is C9H15NOS. The molecule has 0 spiro atoms. The van der Waals surface area contributed by atoms with Crippen LogP contribution in [-0.4, -0.2) is 11.8 Å². The molecule has 1 atom stereocenters. The lowest BCUT2D eigenvalue weighted by Crippen LogP contribution is -2.21. The van der Waals surface area contributed by atoms with Crippen LogP contribution in [0, 0.1) is 0 Å². The van der Waals surface area contributed by atoms with E-state index in [0.29, 0.717) is 6.04 Å². The van der Waals surface area contributed by atoms with Gasteiger partial charge >= 0.3 is 0 Å². The van der Waals surface area contributed by atoms with E-state index >= 15 is 0 Å². The summed E-state index contributed by atoms with van der Waals surface area (Å²) in [6.45, 7) is 2.11. The average molecular weight is 185 g/mol. The van der Waals surface area contributed by atoms with E-state index in [0.717, 1.165) is 23.7 Å². The highest BCUT2D eigenvalue weighted by atomic mass is 32.2. The van der Waals surface area contributed by atoms with Crippen molar-refractivity contribution in [2.75, 3.05) is 5.75 Å². The van der Waals surface area contributed by atoms with Gasteiger partial charge in [0.25, 0.3) is 0 Å². The van der Waals surface area contributed by atoms with E-state index in [2.05, 4.69) is 6.92 Å². The molecule has 0 saturated heterocycles. The van der Waals surface area contributed by atoms with Crippen molar-refractivity contribution in [3.8, 4) is 0 Å². The summed E-state index contributed by atoms with van der Waals surface area (Å²) < 4.78 is 5.19. The minimum atomic E-state index is 0.324. The predicted molar refractivity (Wildman–Crippen MR) is 53.1 cm³/mol. The minimum Gasteiger partial charge on any atom is -0.468 e. The molecule has 2 nitrogen and oxygen atoms in total. The fourth-order valence-electron chi connectivity index (χ4n) is 0.823. The van der Waals surface area contributed by atoms with E-state index in [1.54, 1.807) is 6.26 Å². The zero-order valence-electron chi connectivity index (χ0n) is 7.32. The minimum absolute atomic E-state index is 0.324. The number of hydrogen-bond acceptors (Lipinski definition) is 3. The molecule has 0 aliphatic carbocycles. The standard InChI is InChI=1S/C9H15NOS/c1-2-8(10)6-12-7-9-4-3-5-11-9/h3-5,8H,2,6-7,10H2,1H3. The van der Waals surface area contributed by atoms with Crippen LogP contribution in [0.5, 0.6) is 0 Å². The number of nitrogens with two attached hydrogens (primary N) is 1. The lowest BCUT2D eigenvalue weighted by atomic mass is 10.3. The highest BCUT2D eigenvalue weighted by Crippen LogP contribution is 2.13. The molecule has 1 aromatic heterocycles. The van der Waals surface area contributed by atoms with Gasteiger partial charge in [-0.2, -0.15) is 11.8 Å². The molecular weight excluding hydrogens is 170 g/mol. The van der Waals surface area contributed by atoms with Crippen LogP contribution in [0.1, 0.15) is 19.1 Å². The first-order valence-corrected chi connectivity index (χ1v) is 5.34. The van der Waals surface area contributed by atoms with Crippen molar-refractivity contribution in [2.45, 2.75) is 25.1 Å². The topological polar surface area (TPSA) is 39.2 Å². The molecule has 2 N–H and O–H groups in total. The second kappa shape index (κ2) is 5.27. The summed E-state index contributed by atoms with van der Waals surface area (Å²) in [5.74, 6) is 2.97. The van der Waals surface area contributed by atoms with Gasteiger partial charge in [-0.05, 0) is 18.6 Å². The largest absolute Gasteiger partial charge is 0.468 e. The second-order valence-corrected chi connectivity index (χ2v) is 3.79. The Morgan fingerprint density at radius 2 is 2.50 bits per heavy atom. The van der Waals surface area contributed by atoms with Crippen molar-refractivity contribution in [2.24, 2.45) is 5.73 Å². The second-order valence-electron chi connectivity index (χ2n) is 2.76. The Morgan fingerprint density at radius 1 is 1.67 bits per heavy atom. The molecule has 0 bridgehead atoms. The molecule has 3 heteroatoms. The molecule has 0 saturated carbocycles. The first kappa shape index (κ1) is 9.68. The molecule has 12 heavy (non-hydrogen) atoms. The summed E-state index contributed by atoms with van der Waals surface area (Å²) in [5, 5.41) is 0. The first-order valence-electron chi connectivity index (χ1n) is 4.18. The highest BCUT2D eigenvalue weighted by molar-refractivity contribution is 7.98. The van der Waals surface area contributed by atoms with E-state index in [-0.39, 0.29) is 0 Å². The van der Waals surface area contributed by atoms with Gasteiger partial charge in [-0.25, -0.2) is 0 Å². The Balaban J connectivity index is 2.11. The van der Waals surface area contributed by atoms with Crippen LogP contribution < -0.4 is 5.73 Å². The van der Waals surface area contributed by atoms with Gasteiger partial charge in [0.15, 0.2) is 0 Å². The summed E-state index contributed by atoms with van der Waals surface area (Å²) in [7, 11) is 0. The summed E-state index contributed by atoms with van der Waals surface area (Å²) >= 11 is 1.82. The zero-order valence-corrected chi connectivity index (χ0v) is 8.14. The van der Waals surface area contributed by atoms with Gasteiger partial charge in [-0.3, -0.25) is 0 Å². The zero-order chi connectivity index (χ0) is 8.81. The van der Waals surface area contributed by atoms with Crippen molar-refractivity contribution in [1.29, 1.82) is 0 Å². The Kier molecular flexibility index (Phi) is 4.25. The predicted octanol–water partition coefficient (Wildman–Crippen LogP) is 2.25. The Hall–Kier alpha value is -0.410. The summed E-state index contributed by atoms with van der Waals surface area (Å²) in [5.41, 5.74) is 5.76. The lowest BCUT2D eigenvalue weighted by Gasteiger charge is -2.06. The van der Waals surface area contributed by atoms with Crippen molar-refractivity contribution in [1.82, 2.24) is 0 Å². The van der Waals surface area contributed by atoms with Crippen molar-refractivity contribution >= 4 is 11.8 Å². The molecule has 1 heterocycles. The third kappa shape index (κ3) is 3.32. The van der Waals surface area contributed by atoms with Gasteiger partial charge in [0.05, 0.1) is 12.0 Å². The third-order valence-corrected chi connectivity index (χ3v) is 2.83. The monoisotopic (exact) mass is 185 g/mol. The maximum atomic E-state index is 5.76. The van der Waals surface area contributed by atoms with Crippen LogP contribution in [0.15, 0.2) is 22.8 Å². The molecule has 0 fully saturated rings. The van der Waals surface area contributed by atoms with Crippen LogP contribution >= 0.6 is 11.8 Å². The maximum absolute atomic E-state index is 5.76. The summed E-state index contributed by atoms with van der Waals surface area (Å²) in [4.78, 5) is 0. The summed E-state index contributed by atoms with van der Waals surface area (Å²) in [6.07, 6.45) is 2.75. The smallest absolute Gasteiger partial charge is 0.113 e. The fraction of sp³-hybridized carbons (Fsp3) is 0.556. The molecule has 68 valence electrons. The lowest BCUT2D eigenvalue weighted by molar-refractivity contribution is 0.530. The molecule has 1 rings (SSSR count). The molecule has 0 aliphatic rings. The molecule has 0 aliphatic heterocycles. The molecule has 0 amide bonds. The Labute approximate surface area is 77.5 Å². The third-order valence-electron chi connectivity index (χ3n) is 1.68. The van der Waals surface area contributed by atoms with Gasteiger partial charge in [-0.15, -0.1) is 0 Å². The summed E-state index contributed by atoms with van der Waals surface area (Å²) in [6, 6.07) is 4.23. The van der Waals surface area contributed by atoms with Gasteiger partial charge in [0.1, 0.15) is 5.76 Å². The highest BCUT2D eigenvalue weighted by Gasteiger charge is 2.00. The quantitative estimate of drug-likeness (QED) is 0.764. The molecule has 0 aromatic carbocycles. The van der Waals surface area contributed by atoms with E-state index in [1.165, 1.54) is 0 Å². The number of hydrogen-bond donors (Lipinski definition) is 1. The van der Waals surface area contributed by atoms with Gasteiger partial charge in [-0.1, -0.05) is 6.92 Å². The molecule has 0 radical (unpaired) electrons. The first-order chi connectivity index (χ1) is 5.83. The van der Waals surface area contributed by atoms with E-state index in [4.69, 9.17) is 10.2 Å². The SMILES string of the molecule is CCC(N)CSCc1ccco1. The van der Waals surface area contributed by atoms with Gasteiger partial charge in [0.2, 0.25) is 0 Å². The number of thioether (sulfide) groups is 1. The van der Waals surface area contributed by atoms with Crippen molar-refractivity contribution in [3.05, 3.63) is 24.2 Å². The number of furan rings is 1. The molecule has 1 unspecified atom stereocenters. The maximum Gasteiger partial charge on any atom is 0.113 e. The van der Waals surface area contributed by atoms with E-state index in [1.807, 2.05) is 23.9 Å². The van der Waals surface area contributed by atoms with Crippen LogP contribution in [0.25, 0.3) is 0 Å². The van der Waals surface area contributed by atoms with Crippen LogP contribution in [0.4, 0.5) is 0 Å². The van der Waals surface area contributed by atoms with Crippen LogP contribution in [-0.2, 0) is 5.75 Å². The van der Waals surface area contributed by atoms with Crippen LogP contribution in [0.3, 0.4) is 0 Å².